The minimum Gasteiger partial charge on any atom is -0.489 e. The van der Waals surface area contributed by atoms with Crippen LogP contribution in [0.5, 0.6) is 5.75 Å². The second-order valence-corrected chi connectivity index (χ2v) is 6.12. The molecule has 0 spiro atoms. The molecular formula is C18H22BrNO. The topological polar surface area (TPSA) is 21.3 Å². The minimum atomic E-state index is 0.601. The number of benzene rings is 2. The number of rotatable bonds is 7. The van der Waals surface area contributed by atoms with E-state index in [0.717, 1.165) is 29.7 Å². The van der Waals surface area contributed by atoms with Crippen LogP contribution in [0.4, 0.5) is 0 Å². The van der Waals surface area contributed by atoms with Gasteiger partial charge in [-0.2, -0.15) is 0 Å². The molecule has 1 N–H and O–H groups in total. The number of hydrogen-bond donors (Lipinski definition) is 1. The highest BCUT2D eigenvalue weighted by Crippen LogP contribution is 2.24. The van der Waals surface area contributed by atoms with Crippen LogP contribution in [-0.2, 0) is 13.2 Å². The third-order valence-electron chi connectivity index (χ3n) is 3.24. The molecule has 0 bridgehead atoms. The van der Waals surface area contributed by atoms with Crippen molar-refractivity contribution in [1.82, 2.24) is 5.32 Å². The first-order valence-corrected chi connectivity index (χ1v) is 8.16. The molecule has 0 heterocycles. The van der Waals surface area contributed by atoms with Crippen LogP contribution < -0.4 is 10.1 Å². The lowest BCUT2D eigenvalue weighted by Crippen LogP contribution is -2.14. The SMILES string of the molecule is CCCNCc1cc(Br)ccc1OCc1cccc(C)c1. The summed E-state index contributed by atoms with van der Waals surface area (Å²) in [5, 5.41) is 3.43. The van der Waals surface area contributed by atoms with Crippen LogP contribution in [0, 0.1) is 6.92 Å². The molecule has 21 heavy (non-hydrogen) atoms. The zero-order valence-electron chi connectivity index (χ0n) is 12.7. The predicted molar refractivity (Wildman–Crippen MR) is 91.7 cm³/mol. The predicted octanol–water partition coefficient (Wildman–Crippen LogP) is 4.84. The minimum absolute atomic E-state index is 0.601. The molecule has 2 aromatic carbocycles. The Balaban J connectivity index is 2.04. The van der Waals surface area contributed by atoms with Gasteiger partial charge >= 0.3 is 0 Å². The lowest BCUT2D eigenvalue weighted by molar-refractivity contribution is 0.302. The van der Waals surface area contributed by atoms with Crippen molar-refractivity contribution in [2.75, 3.05) is 6.54 Å². The van der Waals surface area contributed by atoms with Crippen LogP contribution in [-0.4, -0.2) is 6.54 Å². The van der Waals surface area contributed by atoms with E-state index in [4.69, 9.17) is 4.74 Å². The van der Waals surface area contributed by atoms with E-state index in [2.05, 4.69) is 65.4 Å². The van der Waals surface area contributed by atoms with E-state index in [9.17, 15) is 0 Å². The number of aryl methyl sites for hydroxylation is 1. The molecule has 0 aromatic heterocycles. The first-order chi connectivity index (χ1) is 10.2. The fraction of sp³-hybridized carbons (Fsp3) is 0.333. The maximum atomic E-state index is 6.00. The highest BCUT2D eigenvalue weighted by molar-refractivity contribution is 9.10. The van der Waals surface area contributed by atoms with Crippen LogP contribution in [0.1, 0.15) is 30.0 Å². The van der Waals surface area contributed by atoms with Gasteiger partial charge < -0.3 is 10.1 Å². The van der Waals surface area contributed by atoms with Gasteiger partial charge in [-0.3, -0.25) is 0 Å². The standard InChI is InChI=1S/C18H22BrNO/c1-3-9-20-12-16-11-17(19)7-8-18(16)21-13-15-6-4-5-14(2)10-15/h4-8,10-11,20H,3,9,12-13H2,1-2H3. The van der Waals surface area contributed by atoms with Gasteiger partial charge in [0.25, 0.3) is 0 Å². The van der Waals surface area contributed by atoms with Gasteiger partial charge in [-0.1, -0.05) is 52.7 Å². The molecule has 0 aliphatic heterocycles. The van der Waals surface area contributed by atoms with E-state index < -0.39 is 0 Å². The summed E-state index contributed by atoms with van der Waals surface area (Å²) in [6.07, 6.45) is 1.13. The lowest BCUT2D eigenvalue weighted by Gasteiger charge is -2.13. The quantitative estimate of drug-likeness (QED) is 0.723. The van der Waals surface area contributed by atoms with E-state index >= 15 is 0 Å². The third-order valence-corrected chi connectivity index (χ3v) is 3.73. The molecule has 0 fully saturated rings. The average molecular weight is 348 g/mol. The third kappa shape index (κ3) is 5.18. The van der Waals surface area contributed by atoms with Gasteiger partial charge in [0.2, 0.25) is 0 Å². The smallest absolute Gasteiger partial charge is 0.124 e. The Labute approximate surface area is 135 Å². The summed E-state index contributed by atoms with van der Waals surface area (Å²) >= 11 is 3.53. The number of hydrogen-bond acceptors (Lipinski definition) is 2. The highest BCUT2D eigenvalue weighted by atomic mass is 79.9. The second-order valence-electron chi connectivity index (χ2n) is 5.21. The molecule has 3 heteroatoms. The summed E-state index contributed by atoms with van der Waals surface area (Å²) in [4.78, 5) is 0. The van der Waals surface area contributed by atoms with Crippen LogP contribution in [0.15, 0.2) is 46.9 Å². The molecule has 0 unspecified atom stereocenters. The van der Waals surface area contributed by atoms with Crippen LogP contribution in [0.3, 0.4) is 0 Å². The number of ether oxygens (including phenoxy) is 1. The molecule has 112 valence electrons. The van der Waals surface area contributed by atoms with Gasteiger partial charge in [-0.05, 0) is 43.7 Å². The lowest BCUT2D eigenvalue weighted by atomic mass is 10.1. The summed E-state index contributed by atoms with van der Waals surface area (Å²) in [7, 11) is 0. The fourth-order valence-electron chi connectivity index (χ4n) is 2.19. The Hall–Kier alpha value is -1.32. The van der Waals surface area contributed by atoms with E-state index in [-0.39, 0.29) is 0 Å². The van der Waals surface area contributed by atoms with Crippen molar-refractivity contribution in [3.05, 3.63) is 63.6 Å². The molecule has 2 nitrogen and oxygen atoms in total. The Morgan fingerprint density at radius 2 is 2.00 bits per heavy atom. The van der Waals surface area contributed by atoms with E-state index in [1.807, 2.05) is 12.1 Å². The molecule has 0 saturated carbocycles. The van der Waals surface area contributed by atoms with Crippen molar-refractivity contribution in [2.45, 2.75) is 33.4 Å². The largest absolute Gasteiger partial charge is 0.489 e. The Kier molecular flexibility index (Phi) is 6.27. The molecule has 0 aliphatic rings. The molecule has 0 saturated heterocycles. The highest BCUT2D eigenvalue weighted by Gasteiger charge is 2.05. The zero-order chi connectivity index (χ0) is 15.1. The normalized spacial score (nSPS) is 10.6. The van der Waals surface area contributed by atoms with Gasteiger partial charge in [-0.15, -0.1) is 0 Å². The van der Waals surface area contributed by atoms with Crippen LogP contribution in [0.25, 0.3) is 0 Å². The van der Waals surface area contributed by atoms with Crippen molar-refractivity contribution in [3.63, 3.8) is 0 Å². The summed E-state index contributed by atoms with van der Waals surface area (Å²) in [6.45, 7) is 6.72. The Bertz CT molecular complexity index is 583. The summed E-state index contributed by atoms with van der Waals surface area (Å²) < 4.78 is 7.09. The van der Waals surface area contributed by atoms with Gasteiger partial charge in [0.15, 0.2) is 0 Å². The summed E-state index contributed by atoms with van der Waals surface area (Å²) in [5.41, 5.74) is 3.65. The molecular weight excluding hydrogens is 326 g/mol. The van der Waals surface area contributed by atoms with Crippen molar-refractivity contribution in [3.8, 4) is 5.75 Å². The van der Waals surface area contributed by atoms with Crippen molar-refractivity contribution in [1.29, 1.82) is 0 Å². The molecule has 0 radical (unpaired) electrons. The first kappa shape index (κ1) is 16.1. The molecule has 2 rings (SSSR count). The van der Waals surface area contributed by atoms with Gasteiger partial charge in [0.05, 0.1) is 0 Å². The van der Waals surface area contributed by atoms with E-state index in [1.54, 1.807) is 0 Å². The molecule has 0 amide bonds. The first-order valence-electron chi connectivity index (χ1n) is 7.36. The number of nitrogens with one attached hydrogen (secondary N) is 1. The summed E-state index contributed by atoms with van der Waals surface area (Å²) in [6, 6.07) is 14.6. The van der Waals surface area contributed by atoms with E-state index in [0.29, 0.717) is 6.61 Å². The Morgan fingerprint density at radius 3 is 2.76 bits per heavy atom. The maximum absolute atomic E-state index is 6.00. The maximum Gasteiger partial charge on any atom is 0.124 e. The van der Waals surface area contributed by atoms with Crippen molar-refractivity contribution < 1.29 is 4.74 Å². The van der Waals surface area contributed by atoms with Crippen molar-refractivity contribution >= 4 is 15.9 Å². The van der Waals surface area contributed by atoms with E-state index in [1.165, 1.54) is 16.7 Å². The molecule has 0 aliphatic carbocycles. The average Bonchev–Trinajstić information content (AvgIpc) is 2.47. The monoisotopic (exact) mass is 347 g/mol. The number of halogens is 1. The van der Waals surface area contributed by atoms with Crippen LogP contribution >= 0.6 is 15.9 Å². The van der Waals surface area contributed by atoms with Crippen molar-refractivity contribution in [2.24, 2.45) is 0 Å². The van der Waals surface area contributed by atoms with Gasteiger partial charge in [0, 0.05) is 16.6 Å². The second kappa shape index (κ2) is 8.20. The molecule has 0 atom stereocenters. The molecule has 2 aromatic rings. The summed E-state index contributed by atoms with van der Waals surface area (Å²) in [5.74, 6) is 0.948. The fourth-order valence-corrected chi connectivity index (χ4v) is 2.60. The van der Waals surface area contributed by atoms with Gasteiger partial charge in [0.1, 0.15) is 12.4 Å². The van der Waals surface area contributed by atoms with Gasteiger partial charge in [-0.25, -0.2) is 0 Å². The van der Waals surface area contributed by atoms with Crippen LogP contribution in [0.2, 0.25) is 0 Å². The Morgan fingerprint density at radius 1 is 1.14 bits per heavy atom. The zero-order valence-corrected chi connectivity index (χ0v) is 14.2.